The molecule has 0 aliphatic heterocycles. The summed E-state index contributed by atoms with van der Waals surface area (Å²) in [5.74, 6) is 2.09. The summed E-state index contributed by atoms with van der Waals surface area (Å²) >= 11 is 0. The Bertz CT molecular complexity index is 893. The number of amides is 1. The van der Waals surface area contributed by atoms with Gasteiger partial charge in [-0.25, -0.2) is 0 Å². The Balaban J connectivity index is 1.50. The largest absolute Gasteiger partial charge is 0.493 e. The highest BCUT2D eigenvalue weighted by atomic mass is 16.5. The molecule has 1 heterocycles. The van der Waals surface area contributed by atoms with Gasteiger partial charge in [0.2, 0.25) is 17.6 Å². The first-order valence-electron chi connectivity index (χ1n) is 8.55. The van der Waals surface area contributed by atoms with Crippen molar-refractivity contribution in [1.82, 2.24) is 15.5 Å². The number of carbonyl (C=O) groups is 1. The molecule has 2 aromatic carbocycles. The predicted molar refractivity (Wildman–Crippen MR) is 99.4 cm³/mol. The molecular formula is C20H21N3O4. The molecule has 7 heteroatoms. The van der Waals surface area contributed by atoms with Crippen molar-refractivity contribution in [3.8, 4) is 22.9 Å². The van der Waals surface area contributed by atoms with E-state index in [0.29, 0.717) is 36.1 Å². The number of benzene rings is 2. The average Bonchev–Trinajstić information content (AvgIpc) is 3.20. The first kappa shape index (κ1) is 18.4. The van der Waals surface area contributed by atoms with Crippen LogP contribution in [0.2, 0.25) is 0 Å². The Hall–Kier alpha value is -3.35. The fourth-order valence-electron chi connectivity index (χ4n) is 2.59. The summed E-state index contributed by atoms with van der Waals surface area (Å²) in [7, 11) is 3.17. The van der Waals surface area contributed by atoms with Crippen LogP contribution in [0.25, 0.3) is 11.4 Å². The Labute approximate surface area is 157 Å². The molecule has 1 amide bonds. The number of aryl methyl sites for hydroxylation is 1. The third-order valence-corrected chi connectivity index (χ3v) is 4.03. The first-order valence-corrected chi connectivity index (χ1v) is 8.55. The molecule has 140 valence electrons. The third-order valence-electron chi connectivity index (χ3n) is 4.03. The predicted octanol–water partition coefficient (Wildman–Crippen LogP) is 3.00. The zero-order valence-corrected chi connectivity index (χ0v) is 15.3. The number of ether oxygens (including phenoxy) is 2. The van der Waals surface area contributed by atoms with Gasteiger partial charge in [-0.15, -0.1) is 0 Å². The molecule has 1 N–H and O–H groups in total. The van der Waals surface area contributed by atoms with E-state index in [9.17, 15) is 4.79 Å². The molecule has 0 fully saturated rings. The lowest BCUT2D eigenvalue weighted by Gasteiger charge is -2.09. The molecule has 0 unspecified atom stereocenters. The lowest BCUT2D eigenvalue weighted by Crippen LogP contribution is -2.23. The smallest absolute Gasteiger partial charge is 0.246 e. The van der Waals surface area contributed by atoms with Gasteiger partial charge < -0.3 is 19.3 Å². The van der Waals surface area contributed by atoms with Gasteiger partial charge in [0.25, 0.3) is 0 Å². The number of nitrogens with one attached hydrogen (secondary N) is 1. The van der Waals surface area contributed by atoms with Gasteiger partial charge in [0.1, 0.15) is 0 Å². The summed E-state index contributed by atoms with van der Waals surface area (Å²) in [4.78, 5) is 16.4. The molecule has 0 bridgehead atoms. The summed E-state index contributed by atoms with van der Waals surface area (Å²) in [5, 5.41) is 6.72. The summed E-state index contributed by atoms with van der Waals surface area (Å²) in [5.41, 5.74) is 1.86. The van der Waals surface area contributed by atoms with Crippen molar-refractivity contribution in [3.05, 3.63) is 60.0 Å². The summed E-state index contributed by atoms with van der Waals surface area (Å²) < 4.78 is 15.7. The van der Waals surface area contributed by atoms with Gasteiger partial charge in [0.15, 0.2) is 11.5 Å². The van der Waals surface area contributed by atoms with E-state index in [-0.39, 0.29) is 12.5 Å². The van der Waals surface area contributed by atoms with Crippen molar-refractivity contribution < 1.29 is 18.8 Å². The zero-order chi connectivity index (χ0) is 19.1. The maximum absolute atomic E-state index is 12.1. The second-order valence-electron chi connectivity index (χ2n) is 5.84. The van der Waals surface area contributed by atoms with Crippen molar-refractivity contribution in [2.24, 2.45) is 0 Å². The number of rotatable bonds is 8. The lowest BCUT2D eigenvalue weighted by atomic mass is 10.1. The number of nitrogens with zero attached hydrogens (tertiary/aromatic N) is 2. The molecule has 0 atom stereocenters. The third kappa shape index (κ3) is 4.84. The van der Waals surface area contributed by atoms with Gasteiger partial charge in [-0.1, -0.05) is 41.6 Å². The van der Waals surface area contributed by atoms with E-state index in [4.69, 9.17) is 14.0 Å². The van der Waals surface area contributed by atoms with Crippen LogP contribution in [0.1, 0.15) is 17.9 Å². The topological polar surface area (TPSA) is 86.5 Å². The second-order valence-corrected chi connectivity index (χ2v) is 5.84. The molecule has 7 nitrogen and oxygen atoms in total. The van der Waals surface area contributed by atoms with E-state index in [1.807, 2.05) is 48.5 Å². The van der Waals surface area contributed by atoms with E-state index in [0.717, 1.165) is 11.1 Å². The van der Waals surface area contributed by atoms with Gasteiger partial charge in [0.05, 0.1) is 20.8 Å². The van der Waals surface area contributed by atoms with Crippen LogP contribution in [0.3, 0.4) is 0 Å². The standard InChI is InChI=1S/C20H21N3O4/c1-25-16-10-8-14(12-17(16)26-2)9-11-18(24)21-13-19-22-20(23-27-19)15-6-4-3-5-7-15/h3-8,10,12H,9,11,13H2,1-2H3,(H,21,24). The normalized spacial score (nSPS) is 10.4. The Morgan fingerprint density at radius 3 is 2.59 bits per heavy atom. The number of hydrogen-bond acceptors (Lipinski definition) is 6. The molecule has 0 saturated heterocycles. The molecule has 0 aliphatic carbocycles. The molecule has 3 rings (SSSR count). The van der Waals surface area contributed by atoms with Crippen LogP contribution in [-0.2, 0) is 17.8 Å². The van der Waals surface area contributed by atoms with Crippen molar-refractivity contribution in [2.75, 3.05) is 14.2 Å². The molecule has 0 radical (unpaired) electrons. The monoisotopic (exact) mass is 367 g/mol. The second kappa shape index (κ2) is 8.84. The maximum atomic E-state index is 12.1. The fraction of sp³-hybridized carbons (Fsp3) is 0.250. The zero-order valence-electron chi connectivity index (χ0n) is 15.3. The minimum atomic E-state index is -0.0933. The number of hydrogen-bond donors (Lipinski definition) is 1. The van der Waals surface area contributed by atoms with Crippen molar-refractivity contribution >= 4 is 5.91 Å². The Kier molecular flexibility index (Phi) is 6.04. The molecule has 0 spiro atoms. The van der Waals surface area contributed by atoms with E-state index < -0.39 is 0 Å². The van der Waals surface area contributed by atoms with Crippen molar-refractivity contribution in [1.29, 1.82) is 0 Å². The summed E-state index contributed by atoms with van der Waals surface area (Å²) in [6.07, 6.45) is 0.931. The Morgan fingerprint density at radius 1 is 1.07 bits per heavy atom. The highest BCUT2D eigenvalue weighted by Gasteiger charge is 2.10. The Morgan fingerprint density at radius 2 is 1.85 bits per heavy atom. The number of carbonyl (C=O) groups excluding carboxylic acids is 1. The van der Waals surface area contributed by atoms with Crippen molar-refractivity contribution in [3.63, 3.8) is 0 Å². The van der Waals surface area contributed by atoms with E-state index in [1.54, 1.807) is 14.2 Å². The van der Waals surface area contributed by atoms with E-state index >= 15 is 0 Å². The first-order chi connectivity index (χ1) is 13.2. The van der Waals surface area contributed by atoms with Gasteiger partial charge in [-0.2, -0.15) is 4.98 Å². The van der Waals surface area contributed by atoms with Crippen LogP contribution in [0, 0.1) is 0 Å². The van der Waals surface area contributed by atoms with Gasteiger partial charge in [-0.3, -0.25) is 4.79 Å². The molecule has 3 aromatic rings. The molecule has 0 saturated carbocycles. The summed E-state index contributed by atoms with van der Waals surface area (Å²) in [6.45, 7) is 0.199. The molecule has 27 heavy (non-hydrogen) atoms. The maximum Gasteiger partial charge on any atom is 0.246 e. The molecule has 1 aromatic heterocycles. The fourth-order valence-corrected chi connectivity index (χ4v) is 2.59. The highest BCUT2D eigenvalue weighted by Crippen LogP contribution is 2.27. The minimum absolute atomic E-state index is 0.0933. The number of aromatic nitrogens is 2. The number of methoxy groups -OCH3 is 2. The minimum Gasteiger partial charge on any atom is -0.493 e. The van der Waals surface area contributed by atoms with Crippen LogP contribution >= 0.6 is 0 Å². The molecule has 0 aliphatic rings. The highest BCUT2D eigenvalue weighted by molar-refractivity contribution is 5.76. The quantitative estimate of drug-likeness (QED) is 0.659. The van der Waals surface area contributed by atoms with Gasteiger partial charge in [-0.05, 0) is 24.1 Å². The van der Waals surface area contributed by atoms with Crippen LogP contribution < -0.4 is 14.8 Å². The molecular weight excluding hydrogens is 346 g/mol. The van der Waals surface area contributed by atoms with Crippen molar-refractivity contribution in [2.45, 2.75) is 19.4 Å². The van der Waals surface area contributed by atoms with Crippen LogP contribution in [0.4, 0.5) is 0 Å². The SMILES string of the molecule is COc1ccc(CCC(=O)NCc2nc(-c3ccccc3)no2)cc1OC. The van der Waals surface area contributed by atoms with Crippen LogP contribution in [0.5, 0.6) is 11.5 Å². The van der Waals surface area contributed by atoms with Gasteiger partial charge in [0, 0.05) is 12.0 Å². The lowest BCUT2D eigenvalue weighted by molar-refractivity contribution is -0.121. The average molecular weight is 367 g/mol. The van der Waals surface area contributed by atoms with Crippen LogP contribution in [0.15, 0.2) is 53.1 Å². The van der Waals surface area contributed by atoms with Gasteiger partial charge >= 0.3 is 0 Å². The van der Waals surface area contributed by atoms with E-state index in [2.05, 4.69) is 15.5 Å². The van der Waals surface area contributed by atoms with E-state index in [1.165, 1.54) is 0 Å². The van der Waals surface area contributed by atoms with Crippen LogP contribution in [-0.4, -0.2) is 30.3 Å². The summed E-state index contributed by atoms with van der Waals surface area (Å²) in [6, 6.07) is 15.1.